The zero-order valence-corrected chi connectivity index (χ0v) is 13.1. The number of piperazine rings is 1. The van der Waals surface area contributed by atoms with Gasteiger partial charge in [-0.2, -0.15) is 19.3 Å². The van der Waals surface area contributed by atoms with Crippen LogP contribution in [0.2, 0.25) is 0 Å². The van der Waals surface area contributed by atoms with Crippen LogP contribution < -0.4 is 0 Å². The van der Waals surface area contributed by atoms with E-state index in [9.17, 15) is 8.42 Å². The molecule has 0 bridgehead atoms. The average Bonchev–Trinajstić information content (AvgIpc) is 3.08. The molecule has 1 aromatic heterocycles. The third kappa shape index (κ3) is 3.34. The van der Waals surface area contributed by atoms with E-state index in [1.165, 1.54) is 0 Å². The second-order valence-corrected chi connectivity index (χ2v) is 7.12. The van der Waals surface area contributed by atoms with Crippen LogP contribution in [-0.2, 0) is 16.6 Å². The van der Waals surface area contributed by atoms with Gasteiger partial charge < -0.3 is 0 Å². The second-order valence-electron chi connectivity index (χ2n) is 5.18. The summed E-state index contributed by atoms with van der Waals surface area (Å²) < 4.78 is 26.6. The van der Waals surface area contributed by atoms with Crippen LogP contribution in [0.4, 0.5) is 0 Å². The highest BCUT2D eigenvalue weighted by molar-refractivity contribution is 7.89. The van der Waals surface area contributed by atoms with Crippen LogP contribution in [0, 0.1) is 0 Å². The Labute approximate surface area is 130 Å². The fourth-order valence-electron chi connectivity index (χ4n) is 2.52. The Morgan fingerprint density at radius 3 is 2.18 bits per heavy atom. The Bertz CT molecular complexity index is 679. The molecule has 0 aliphatic carbocycles. The van der Waals surface area contributed by atoms with E-state index in [1.54, 1.807) is 45.8 Å². The molecule has 0 spiro atoms. The zero-order chi connectivity index (χ0) is 15.4. The molecular formula is C14H19N5O2S. The molecule has 0 amide bonds. The molecule has 8 heteroatoms. The van der Waals surface area contributed by atoms with Crippen molar-refractivity contribution in [3.63, 3.8) is 0 Å². The standard InChI is InChI=1S/C14H19N5O2S/c20-22(21,14-4-2-1-3-5-14)18-11-8-17(9-12-18)10-13-19-15-6-7-16-19/h1-7H,8-13H2. The molecule has 0 saturated carbocycles. The molecule has 1 aliphatic rings. The zero-order valence-electron chi connectivity index (χ0n) is 12.2. The van der Waals surface area contributed by atoms with E-state index in [0.717, 1.165) is 26.2 Å². The minimum Gasteiger partial charge on any atom is -0.299 e. The van der Waals surface area contributed by atoms with Crippen molar-refractivity contribution < 1.29 is 8.42 Å². The van der Waals surface area contributed by atoms with E-state index in [4.69, 9.17) is 0 Å². The van der Waals surface area contributed by atoms with Crippen LogP contribution in [0.15, 0.2) is 47.6 Å². The molecule has 7 nitrogen and oxygen atoms in total. The van der Waals surface area contributed by atoms with Crippen LogP contribution in [0.1, 0.15) is 0 Å². The third-order valence-corrected chi connectivity index (χ3v) is 5.71. The fourth-order valence-corrected chi connectivity index (χ4v) is 3.97. The van der Waals surface area contributed by atoms with E-state index in [2.05, 4.69) is 15.1 Å². The molecule has 0 atom stereocenters. The summed E-state index contributed by atoms with van der Waals surface area (Å²) in [7, 11) is -3.37. The topological polar surface area (TPSA) is 71.3 Å². The molecule has 22 heavy (non-hydrogen) atoms. The Morgan fingerprint density at radius 1 is 0.909 bits per heavy atom. The summed E-state index contributed by atoms with van der Waals surface area (Å²) >= 11 is 0. The molecule has 1 saturated heterocycles. The monoisotopic (exact) mass is 321 g/mol. The maximum Gasteiger partial charge on any atom is 0.243 e. The highest BCUT2D eigenvalue weighted by Crippen LogP contribution is 2.17. The number of hydrogen-bond donors (Lipinski definition) is 0. The highest BCUT2D eigenvalue weighted by atomic mass is 32.2. The number of hydrogen-bond acceptors (Lipinski definition) is 5. The third-order valence-electron chi connectivity index (χ3n) is 3.80. The first-order valence-electron chi connectivity index (χ1n) is 7.28. The van der Waals surface area contributed by atoms with E-state index < -0.39 is 10.0 Å². The average molecular weight is 321 g/mol. The summed E-state index contributed by atoms with van der Waals surface area (Å²) in [5.41, 5.74) is 0. The van der Waals surface area contributed by atoms with E-state index in [0.29, 0.717) is 18.0 Å². The van der Waals surface area contributed by atoms with E-state index >= 15 is 0 Å². The van der Waals surface area contributed by atoms with Crippen LogP contribution in [-0.4, -0.2) is 65.3 Å². The maximum absolute atomic E-state index is 12.5. The maximum atomic E-state index is 12.5. The lowest BCUT2D eigenvalue weighted by Crippen LogP contribution is -2.49. The van der Waals surface area contributed by atoms with Gasteiger partial charge in [0.1, 0.15) is 0 Å². The Balaban J connectivity index is 1.55. The van der Waals surface area contributed by atoms with Gasteiger partial charge >= 0.3 is 0 Å². The van der Waals surface area contributed by atoms with Gasteiger partial charge in [-0.1, -0.05) is 18.2 Å². The number of rotatable bonds is 5. The molecule has 1 aliphatic heterocycles. The van der Waals surface area contributed by atoms with E-state index in [-0.39, 0.29) is 0 Å². The highest BCUT2D eigenvalue weighted by Gasteiger charge is 2.28. The molecule has 0 radical (unpaired) electrons. The van der Waals surface area contributed by atoms with Crippen molar-refractivity contribution in [2.75, 3.05) is 32.7 Å². The van der Waals surface area contributed by atoms with Crippen LogP contribution in [0.25, 0.3) is 0 Å². The minimum atomic E-state index is -3.37. The summed E-state index contributed by atoms with van der Waals surface area (Å²) in [6, 6.07) is 8.61. The number of aromatic nitrogens is 3. The number of nitrogens with zero attached hydrogens (tertiary/aromatic N) is 5. The predicted molar refractivity (Wildman–Crippen MR) is 81.7 cm³/mol. The quantitative estimate of drug-likeness (QED) is 0.791. The summed E-state index contributed by atoms with van der Waals surface area (Å²) in [5, 5.41) is 8.13. The summed E-state index contributed by atoms with van der Waals surface area (Å²) in [4.78, 5) is 4.25. The molecule has 1 fully saturated rings. The first-order valence-corrected chi connectivity index (χ1v) is 8.72. The van der Waals surface area contributed by atoms with Crippen molar-refractivity contribution >= 4 is 10.0 Å². The van der Waals surface area contributed by atoms with Crippen molar-refractivity contribution in [1.82, 2.24) is 24.2 Å². The van der Waals surface area contributed by atoms with Crippen molar-refractivity contribution in [3.8, 4) is 0 Å². The summed E-state index contributed by atoms with van der Waals surface area (Å²) in [6.45, 7) is 4.04. The smallest absolute Gasteiger partial charge is 0.243 e. The van der Waals surface area contributed by atoms with Gasteiger partial charge in [0, 0.05) is 32.7 Å². The van der Waals surface area contributed by atoms with Crippen LogP contribution >= 0.6 is 0 Å². The van der Waals surface area contributed by atoms with Gasteiger partial charge in [-0.25, -0.2) is 8.42 Å². The Morgan fingerprint density at radius 2 is 1.55 bits per heavy atom. The largest absolute Gasteiger partial charge is 0.299 e. The molecule has 0 unspecified atom stereocenters. The van der Waals surface area contributed by atoms with E-state index in [1.807, 2.05) is 6.07 Å². The molecule has 2 heterocycles. The van der Waals surface area contributed by atoms with Crippen molar-refractivity contribution in [3.05, 3.63) is 42.7 Å². The normalized spacial score (nSPS) is 17.6. The van der Waals surface area contributed by atoms with Crippen LogP contribution in [0.3, 0.4) is 0 Å². The van der Waals surface area contributed by atoms with Gasteiger partial charge in [0.15, 0.2) is 0 Å². The second kappa shape index (κ2) is 6.55. The Kier molecular flexibility index (Phi) is 4.51. The van der Waals surface area contributed by atoms with Gasteiger partial charge in [-0.3, -0.25) is 4.90 Å². The van der Waals surface area contributed by atoms with Gasteiger partial charge in [0.05, 0.1) is 23.8 Å². The molecule has 0 N–H and O–H groups in total. The molecule has 3 rings (SSSR count). The summed E-state index contributed by atoms with van der Waals surface area (Å²) in [6.07, 6.45) is 3.31. The first-order chi connectivity index (χ1) is 10.7. The lowest BCUT2D eigenvalue weighted by molar-refractivity contribution is 0.178. The lowest BCUT2D eigenvalue weighted by Gasteiger charge is -2.33. The van der Waals surface area contributed by atoms with Crippen LogP contribution in [0.5, 0.6) is 0 Å². The molecule has 2 aromatic rings. The number of sulfonamides is 1. The van der Waals surface area contributed by atoms with Crippen molar-refractivity contribution in [1.29, 1.82) is 0 Å². The molecule has 1 aromatic carbocycles. The van der Waals surface area contributed by atoms with Crippen molar-refractivity contribution in [2.45, 2.75) is 11.4 Å². The first kappa shape index (κ1) is 15.1. The number of benzene rings is 1. The predicted octanol–water partition coefficient (Wildman–Crippen LogP) is 0.285. The van der Waals surface area contributed by atoms with Gasteiger partial charge in [-0.05, 0) is 12.1 Å². The minimum absolute atomic E-state index is 0.365. The van der Waals surface area contributed by atoms with Gasteiger partial charge in [0.2, 0.25) is 10.0 Å². The SMILES string of the molecule is O=S(=O)(c1ccccc1)N1CCN(CCn2nccn2)CC1. The van der Waals surface area contributed by atoms with Gasteiger partial charge in [0.25, 0.3) is 0 Å². The van der Waals surface area contributed by atoms with Crippen molar-refractivity contribution in [2.24, 2.45) is 0 Å². The molecule has 118 valence electrons. The Hall–Kier alpha value is -1.77. The summed E-state index contributed by atoms with van der Waals surface area (Å²) in [5.74, 6) is 0. The molecular weight excluding hydrogens is 302 g/mol. The van der Waals surface area contributed by atoms with Gasteiger partial charge in [-0.15, -0.1) is 0 Å². The fraction of sp³-hybridized carbons (Fsp3) is 0.429. The lowest BCUT2D eigenvalue weighted by atomic mass is 10.3.